The van der Waals surface area contributed by atoms with Crippen molar-refractivity contribution in [1.29, 1.82) is 0 Å². The van der Waals surface area contributed by atoms with Gasteiger partial charge in [0.2, 0.25) is 0 Å². The summed E-state index contributed by atoms with van der Waals surface area (Å²) in [4.78, 5) is 62.9. The molecule has 2 aliphatic rings. The number of non-ortho nitro benzene ring substituents is 1. The molecule has 1 heterocycles. The van der Waals surface area contributed by atoms with Crippen molar-refractivity contribution < 1.29 is 28.5 Å². The van der Waals surface area contributed by atoms with Gasteiger partial charge in [0, 0.05) is 23.3 Å². The van der Waals surface area contributed by atoms with Crippen molar-refractivity contribution in [2.75, 3.05) is 6.54 Å². The fourth-order valence-electron chi connectivity index (χ4n) is 4.38. The lowest BCUT2D eigenvalue weighted by atomic mass is 9.81. The van der Waals surface area contributed by atoms with Gasteiger partial charge in [-0.15, -0.1) is 0 Å². The van der Waals surface area contributed by atoms with Gasteiger partial charge in [0.15, 0.2) is 5.78 Å². The van der Waals surface area contributed by atoms with Crippen LogP contribution < -0.4 is 0 Å². The normalized spacial score (nSPS) is 19.8. The van der Waals surface area contributed by atoms with Crippen LogP contribution in [0.15, 0.2) is 48.5 Å². The van der Waals surface area contributed by atoms with Gasteiger partial charge >= 0.3 is 0 Å². The second kappa shape index (κ2) is 8.89. The molecule has 2 aromatic rings. The van der Waals surface area contributed by atoms with Crippen LogP contribution in [0.2, 0.25) is 0 Å². The first kappa shape index (κ1) is 22.3. The van der Waals surface area contributed by atoms with E-state index < -0.39 is 52.6 Å². The van der Waals surface area contributed by atoms with Gasteiger partial charge in [0.25, 0.3) is 23.4 Å². The second-order valence-corrected chi connectivity index (χ2v) is 8.09. The monoisotopic (exact) mass is 453 g/mol. The first-order valence-electron chi connectivity index (χ1n) is 10.5. The zero-order valence-electron chi connectivity index (χ0n) is 17.5. The summed E-state index contributed by atoms with van der Waals surface area (Å²) in [7, 11) is 0. The maximum atomic E-state index is 13.4. The van der Waals surface area contributed by atoms with Crippen molar-refractivity contribution in [3.05, 3.63) is 75.6 Å². The zero-order chi connectivity index (χ0) is 23.7. The number of fused-ring (bicyclic) bond motifs is 1. The van der Waals surface area contributed by atoms with Crippen LogP contribution in [0.25, 0.3) is 0 Å². The third-order valence-electron chi connectivity index (χ3n) is 6.06. The number of amides is 3. The minimum absolute atomic E-state index is 0.0877. The molecule has 4 rings (SSSR count). The number of ketones is 1. The first-order chi connectivity index (χ1) is 15.8. The number of nitro benzene ring substituents is 1. The summed E-state index contributed by atoms with van der Waals surface area (Å²) in [5.74, 6) is -4.31. The lowest BCUT2D eigenvalue weighted by Gasteiger charge is -2.30. The van der Waals surface area contributed by atoms with Crippen LogP contribution in [0, 0.1) is 27.8 Å². The summed E-state index contributed by atoms with van der Waals surface area (Å²) in [6.45, 7) is -0.663. The summed E-state index contributed by atoms with van der Waals surface area (Å²) in [5, 5.41) is 12.6. The molecule has 0 N–H and O–H groups in total. The molecule has 170 valence electrons. The number of carbonyl (C=O) groups is 4. The topological polar surface area (TPSA) is 118 Å². The zero-order valence-corrected chi connectivity index (χ0v) is 17.5. The number of hydrogen-bond acceptors (Lipinski definition) is 6. The number of rotatable bonds is 6. The van der Waals surface area contributed by atoms with Crippen LogP contribution >= 0.6 is 0 Å². The molecule has 1 saturated carbocycles. The van der Waals surface area contributed by atoms with E-state index in [4.69, 9.17) is 0 Å². The third-order valence-corrected chi connectivity index (χ3v) is 6.06. The molecule has 2 fully saturated rings. The van der Waals surface area contributed by atoms with Gasteiger partial charge in [-0.05, 0) is 43.2 Å². The maximum absolute atomic E-state index is 13.4. The van der Waals surface area contributed by atoms with Gasteiger partial charge in [0.1, 0.15) is 12.4 Å². The molecular weight excluding hydrogens is 433 g/mol. The minimum Gasteiger partial charge on any atom is -0.292 e. The Morgan fingerprint density at radius 3 is 2.18 bits per heavy atom. The largest absolute Gasteiger partial charge is 0.292 e. The van der Waals surface area contributed by atoms with Crippen LogP contribution in [0.4, 0.5) is 10.1 Å². The van der Waals surface area contributed by atoms with Gasteiger partial charge in [-0.1, -0.05) is 18.9 Å². The average molecular weight is 453 g/mol. The maximum Gasteiger partial charge on any atom is 0.273 e. The highest BCUT2D eigenvalue weighted by atomic mass is 19.1. The number of Topliss-reactive ketones (excluding diaryl/α,β-unsaturated/α-hetero) is 1. The van der Waals surface area contributed by atoms with Crippen LogP contribution in [0.3, 0.4) is 0 Å². The molecule has 1 aliphatic carbocycles. The summed E-state index contributed by atoms with van der Waals surface area (Å²) in [6, 6.07) is 9.48. The molecule has 3 amide bonds. The Morgan fingerprint density at radius 1 is 1.00 bits per heavy atom. The predicted molar refractivity (Wildman–Crippen MR) is 112 cm³/mol. The average Bonchev–Trinajstić information content (AvgIpc) is 3.07. The quantitative estimate of drug-likeness (QED) is 0.287. The second-order valence-electron chi connectivity index (χ2n) is 8.09. The molecule has 1 saturated heterocycles. The van der Waals surface area contributed by atoms with E-state index in [-0.39, 0.29) is 16.8 Å². The lowest BCUT2D eigenvalue weighted by molar-refractivity contribution is -0.384. The predicted octanol–water partition coefficient (Wildman–Crippen LogP) is 3.15. The van der Waals surface area contributed by atoms with E-state index in [2.05, 4.69) is 0 Å². The van der Waals surface area contributed by atoms with Crippen molar-refractivity contribution in [3.8, 4) is 0 Å². The molecule has 0 radical (unpaired) electrons. The molecule has 0 spiro atoms. The highest BCUT2D eigenvalue weighted by Crippen LogP contribution is 2.39. The summed E-state index contributed by atoms with van der Waals surface area (Å²) < 4.78 is 13.3. The van der Waals surface area contributed by atoms with Crippen LogP contribution in [0.1, 0.15) is 46.4 Å². The number of carbonyl (C=O) groups excluding carboxylic acids is 4. The van der Waals surface area contributed by atoms with Gasteiger partial charge in [0.05, 0.1) is 16.8 Å². The Balaban J connectivity index is 1.71. The highest BCUT2D eigenvalue weighted by molar-refractivity contribution is 6.09. The van der Waals surface area contributed by atoms with Crippen LogP contribution in [-0.2, 0) is 9.59 Å². The molecule has 33 heavy (non-hydrogen) atoms. The van der Waals surface area contributed by atoms with E-state index in [1.165, 1.54) is 30.3 Å². The van der Waals surface area contributed by atoms with Crippen molar-refractivity contribution >= 4 is 29.2 Å². The standard InChI is InChI=1S/C23H20FN3O6/c24-16-10-8-14(9-11-16)20(28)13-25(21(29)15-4-3-5-17(12-15)27(32)33)26-22(30)18-6-1-2-7-19(18)23(26)31/h3-5,8-12,18-19H,1-2,6-7,13H2/t18-,19-/m1/s1. The van der Waals surface area contributed by atoms with E-state index in [0.717, 1.165) is 41.1 Å². The number of benzene rings is 2. The Kier molecular flexibility index (Phi) is 5.99. The van der Waals surface area contributed by atoms with Crippen molar-refractivity contribution in [2.45, 2.75) is 25.7 Å². The molecular formula is C23H20FN3O6. The smallest absolute Gasteiger partial charge is 0.273 e. The molecule has 2 atom stereocenters. The Labute approximate surface area is 187 Å². The Hall–Kier alpha value is -3.95. The fraction of sp³-hybridized carbons (Fsp3) is 0.304. The number of imide groups is 1. The molecule has 9 nitrogen and oxygen atoms in total. The van der Waals surface area contributed by atoms with Crippen molar-refractivity contribution in [3.63, 3.8) is 0 Å². The summed E-state index contributed by atoms with van der Waals surface area (Å²) in [5.41, 5.74) is -0.408. The number of nitrogens with zero attached hydrogens (tertiary/aromatic N) is 3. The minimum atomic E-state index is -0.894. The van der Waals surface area contributed by atoms with Crippen molar-refractivity contribution in [1.82, 2.24) is 10.0 Å². The molecule has 10 heteroatoms. The molecule has 0 bridgehead atoms. The highest BCUT2D eigenvalue weighted by Gasteiger charge is 2.51. The van der Waals surface area contributed by atoms with Gasteiger partial charge < -0.3 is 0 Å². The van der Waals surface area contributed by atoms with Gasteiger partial charge in [-0.25, -0.2) is 9.40 Å². The first-order valence-corrected chi connectivity index (χ1v) is 10.5. The van der Waals surface area contributed by atoms with E-state index in [1.54, 1.807) is 0 Å². The van der Waals surface area contributed by atoms with Crippen LogP contribution in [-0.4, -0.2) is 45.0 Å². The molecule has 0 unspecified atom stereocenters. The van der Waals surface area contributed by atoms with Crippen LogP contribution in [0.5, 0.6) is 0 Å². The Bertz CT molecular complexity index is 1130. The number of hydrazine groups is 1. The number of nitro groups is 1. The number of hydrogen-bond donors (Lipinski definition) is 0. The fourth-order valence-corrected chi connectivity index (χ4v) is 4.38. The molecule has 0 aromatic heterocycles. The molecule has 2 aromatic carbocycles. The van der Waals surface area contributed by atoms with Gasteiger partial charge in [-0.2, -0.15) is 5.01 Å². The van der Waals surface area contributed by atoms with E-state index in [9.17, 15) is 33.7 Å². The van der Waals surface area contributed by atoms with E-state index in [1.807, 2.05) is 0 Å². The Morgan fingerprint density at radius 2 is 1.61 bits per heavy atom. The SMILES string of the molecule is O=C(CN(C(=O)c1cccc([N+](=O)[O-])c1)N1C(=O)[C@@H]2CCCC[C@H]2C1=O)c1ccc(F)cc1. The van der Waals surface area contributed by atoms with E-state index >= 15 is 0 Å². The lowest BCUT2D eigenvalue weighted by Crippen LogP contribution is -2.52. The third kappa shape index (κ3) is 4.23. The van der Waals surface area contributed by atoms with Gasteiger partial charge in [-0.3, -0.25) is 29.3 Å². The van der Waals surface area contributed by atoms with Crippen molar-refractivity contribution in [2.24, 2.45) is 11.8 Å². The summed E-state index contributed by atoms with van der Waals surface area (Å²) >= 11 is 0. The van der Waals surface area contributed by atoms with E-state index in [0.29, 0.717) is 12.8 Å². The molecule has 1 aliphatic heterocycles. The summed E-state index contributed by atoms with van der Waals surface area (Å²) in [6.07, 6.45) is 2.58. The number of halogens is 1.